The highest BCUT2D eigenvalue weighted by Gasteiger charge is 2.26. The van der Waals surface area contributed by atoms with E-state index in [1.54, 1.807) is 18.2 Å². The summed E-state index contributed by atoms with van der Waals surface area (Å²) in [6, 6.07) is 15.0. The van der Waals surface area contributed by atoms with Gasteiger partial charge in [-0.2, -0.15) is 0 Å². The van der Waals surface area contributed by atoms with Crippen molar-refractivity contribution >= 4 is 35.0 Å². The molecule has 0 saturated carbocycles. The van der Waals surface area contributed by atoms with Gasteiger partial charge in [-0.15, -0.1) is 0 Å². The first-order valence-corrected chi connectivity index (χ1v) is 7.47. The Morgan fingerprint density at radius 1 is 1.04 bits per heavy atom. The molecule has 2 aromatic rings. The van der Waals surface area contributed by atoms with Crippen LogP contribution in [0.1, 0.15) is 11.1 Å². The fourth-order valence-corrected chi connectivity index (χ4v) is 2.39. The Bertz CT molecular complexity index is 791. The third-order valence-electron chi connectivity index (χ3n) is 3.53. The molecular formula is C18H15ClN2O2. The highest BCUT2D eigenvalue weighted by molar-refractivity contribution is 6.32. The van der Waals surface area contributed by atoms with Gasteiger partial charge in [0.2, 0.25) is 0 Å². The van der Waals surface area contributed by atoms with Gasteiger partial charge in [-0.05, 0) is 35.9 Å². The van der Waals surface area contributed by atoms with Crippen molar-refractivity contribution in [2.75, 3.05) is 19.0 Å². The van der Waals surface area contributed by atoms with Crippen LogP contribution in [0.25, 0.3) is 6.08 Å². The molecule has 2 aromatic carbocycles. The van der Waals surface area contributed by atoms with Crippen molar-refractivity contribution in [3.63, 3.8) is 0 Å². The number of carbonyl (C=O) groups excluding carboxylic acids is 1. The summed E-state index contributed by atoms with van der Waals surface area (Å²) >= 11 is 5.90. The number of rotatable bonds is 3. The Labute approximate surface area is 139 Å². The van der Waals surface area contributed by atoms with Gasteiger partial charge in [-0.3, -0.25) is 0 Å². The van der Waals surface area contributed by atoms with Crippen LogP contribution in [0.4, 0.5) is 5.69 Å². The van der Waals surface area contributed by atoms with Crippen LogP contribution >= 0.6 is 11.6 Å². The number of benzene rings is 2. The van der Waals surface area contributed by atoms with Gasteiger partial charge in [0, 0.05) is 30.4 Å². The third kappa shape index (κ3) is 3.27. The predicted octanol–water partition coefficient (Wildman–Crippen LogP) is 3.75. The quantitative estimate of drug-likeness (QED) is 0.637. The Morgan fingerprint density at radius 3 is 2.30 bits per heavy atom. The standard InChI is InChI=1S/C18H15ClN2O2/c1-21(2)15-9-3-12(4-10-15)11-16-17(20-23-18(16)22)13-5-7-14(19)8-6-13/h3-11H,1-2H3. The summed E-state index contributed by atoms with van der Waals surface area (Å²) in [5.74, 6) is -0.452. The van der Waals surface area contributed by atoms with Crippen molar-refractivity contribution in [2.45, 2.75) is 0 Å². The van der Waals surface area contributed by atoms with E-state index in [1.807, 2.05) is 55.4 Å². The smallest absolute Gasteiger partial charge is 0.368 e. The molecule has 4 nitrogen and oxygen atoms in total. The lowest BCUT2D eigenvalue weighted by Crippen LogP contribution is -2.08. The van der Waals surface area contributed by atoms with Crippen molar-refractivity contribution < 1.29 is 9.63 Å². The van der Waals surface area contributed by atoms with Crippen LogP contribution in [-0.2, 0) is 9.63 Å². The van der Waals surface area contributed by atoms with Crippen LogP contribution in [-0.4, -0.2) is 25.8 Å². The van der Waals surface area contributed by atoms with E-state index in [2.05, 4.69) is 5.16 Å². The van der Waals surface area contributed by atoms with E-state index in [1.165, 1.54) is 0 Å². The summed E-state index contributed by atoms with van der Waals surface area (Å²) in [7, 11) is 3.96. The molecule has 0 atom stereocenters. The lowest BCUT2D eigenvalue weighted by Gasteiger charge is -2.11. The minimum absolute atomic E-state index is 0.435. The summed E-state index contributed by atoms with van der Waals surface area (Å²) in [6.07, 6.45) is 1.78. The zero-order valence-corrected chi connectivity index (χ0v) is 13.5. The predicted molar refractivity (Wildman–Crippen MR) is 92.8 cm³/mol. The molecule has 0 N–H and O–H groups in total. The van der Waals surface area contributed by atoms with Crippen LogP contribution in [0.2, 0.25) is 5.02 Å². The van der Waals surface area contributed by atoms with E-state index in [0.29, 0.717) is 16.3 Å². The lowest BCUT2D eigenvalue weighted by atomic mass is 10.0. The Kier molecular flexibility index (Phi) is 4.17. The molecule has 3 rings (SSSR count). The Morgan fingerprint density at radius 2 is 1.70 bits per heavy atom. The summed E-state index contributed by atoms with van der Waals surface area (Å²) in [6.45, 7) is 0. The number of anilines is 1. The van der Waals surface area contributed by atoms with Crippen LogP contribution < -0.4 is 4.90 Å². The normalized spacial score (nSPS) is 15.5. The molecule has 0 aliphatic carbocycles. The van der Waals surface area contributed by atoms with Gasteiger partial charge >= 0.3 is 5.97 Å². The van der Waals surface area contributed by atoms with Gasteiger partial charge in [-0.25, -0.2) is 4.79 Å². The number of hydrogen-bond acceptors (Lipinski definition) is 4. The van der Waals surface area contributed by atoms with Crippen molar-refractivity contribution in [2.24, 2.45) is 5.16 Å². The second-order valence-electron chi connectivity index (χ2n) is 5.37. The minimum Gasteiger partial charge on any atom is -0.378 e. The zero-order valence-electron chi connectivity index (χ0n) is 12.8. The molecule has 23 heavy (non-hydrogen) atoms. The van der Waals surface area contributed by atoms with Gasteiger partial charge in [0.15, 0.2) is 0 Å². The van der Waals surface area contributed by atoms with Crippen molar-refractivity contribution in [3.8, 4) is 0 Å². The van der Waals surface area contributed by atoms with Crippen LogP contribution in [0.15, 0.2) is 59.3 Å². The SMILES string of the molecule is CN(C)c1ccc(C=C2C(=O)ON=C2c2ccc(Cl)cc2)cc1. The maximum Gasteiger partial charge on any atom is 0.368 e. The topological polar surface area (TPSA) is 41.9 Å². The van der Waals surface area contributed by atoms with Crippen LogP contribution in [0.3, 0.4) is 0 Å². The molecule has 116 valence electrons. The fourth-order valence-electron chi connectivity index (χ4n) is 2.26. The van der Waals surface area contributed by atoms with E-state index in [-0.39, 0.29) is 0 Å². The number of halogens is 1. The van der Waals surface area contributed by atoms with Gasteiger partial charge < -0.3 is 9.74 Å². The van der Waals surface area contributed by atoms with E-state index in [9.17, 15) is 4.79 Å². The molecule has 1 aliphatic rings. The van der Waals surface area contributed by atoms with E-state index >= 15 is 0 Å². The fraction of sp³-hybridized carbons (Fsp3) is 0.111. The van der Waals surface area contributed by atoms with Gasteiger partial charge in [0.1, 0.15) is 5.71 Å². The highest BCUT2D eigenvalue weighted by Crippen LogP contribution is 2.23. The molecule has 0 spiro atoms. The molecule has 0 radical (unpaired) electrons. The van der Waals surface area contributed by atoms with Crippen molar-refractivity contribution in [1.82, 2.24) is 0 Å². The van der Waals surface area contributed by atoms with E-state index in [0.717, 1.165) is 16.8 Å². The molecule has 0 fully saturated rings. The molecule has 0 aromatic heterocycles. The van der Waals surface area contributed by atoms with E-state index < -0.39 is 5.97 Å². The first-order chi connectivity index (χ1) is 11.0. The molecular weight excluding hydrogens is 312 g/mol. The summed E-state index contributed by atoms with van der Waals surface area (Å²) in [5.41, 5.74) is 3.74. The lowest BCUT2D eigenvalue weighted by molar-refractivity contribution is -0.136. The molecule has 0 saturated heterocycles. The number of nitrogens with zero attached hydrogens (tertiary/aromatic N) is 2. The molecule has 5 heteroatoms. The molecule has 0 amide bonds. The molecule has 1 aliphatic heterocycles. The monoisotopic (exact) mass is 326 g/mol. The summed E-state index contributed by atoms with van der Waals surface area (Å²) < 4.78 is 0. The molecule has 1 heterocycles. The average molecular weight is 327 g/mol. The van der Waals surface area contributed by atoms with Crippen molar-refractivity contribution in [1.29, 1.82) is 0 Å². The van der Waals surface area contributed by atoms with Crippen LogP contribution in [0, 0.1) is 0 Å². The van der Waals surface area contributed by atoms with Gasteiger partial charge in [-0.1, -0.05) is 41.0 Å². The zero-order chi connectivity index (χ0) is 16.4. The molecule has 0 bridgehead atoms. The minimum atomic E-state index is -0.452. The second kappa shape index (κ2) is 6.26. The van der Waals surface area contributed by atoms with E-state index in [4.69, 9.17) is 16.4 Å². The average Bonchev–Trinajstić information content (AvgIpc) is 2.90. The second-order valence-corrected chi connectivity index (χ2v) is 5.81. The number of oxime groups is 1. The summed E-state index contributed by atoms with van der Waals surface area (Å²) in [4.78, 5) is 18.8. The number of carbonyl (C=O) groups is 1. The van der Waals surface area contributed by atoms with Gasteiger partial charge in [0.05, 0.1) is 5.57 Å². The summed E-state index contributed by atoms with van der Waals surface area (Å²) in [5, 5.41) is 4.52. The first-order valence-electron chi connectivity index (χ1n) is 7.09. The van der Waals surface area contributed by atoms with Crippen molar-refractivity contribution in [3.05, 3.63) is 70.3 Å². The van der Waals surface area contributed by atoms with Crippen LogP contribution in [0.5, 0.6) is 0 Å². The first kappa shape index (κ1) is 15.3. The highest BCUT2D eigenvalue weighted by atomic mass is 35.5. The third-order valence-corrected chi connectivity index (χ3v) is 3.79. The number of hydrogen-bond donors (Lipinski definition) is 0. The maximum atomic E-state index is 12.0. The Hall–Kier alpha value is -2.59. The largest absolute Gasteiger partial charge is 0.378 e. The maximum absolute atomic E-state index is 12.0. The molecule has 0 unspecified atom stereocenters. The Balaban J connectivity index is 1.94. The van der Waals surface area contributed by atoms with Gasteiger partial charge in [0.25, 0.3) is 0 Å².